The Morgan fingerprint density at radius 2 is 1.78 bits per heavy atom. The maximum Gasteiger partial charge on any atom is 0.573 e. The molecule has 0 N–H and O–H groups in total. The normalized spacial score (nSPS) is 11.7. The van der Waals surface area contributed by atoms with Gasteiger partial charge < -0.3 is 9.14 Å². The van der Waals surface area contributed by atoms with E-state index in [1.54, 1.807) is 10.6 Å². The minimum atomic E-state index is -4.73. The van der Waals surface area contributed by atoms with Crippen molar-refractivity contribution in [2.24, 2.45) is 0 Å². The lowest BCUT2D eigenvalue weighted by molar-refractivity contribution is -0.274. The Kier molecular flexibility index (Phi) is 3.60. The van der Waals surface area contributed by atoms with Gasteiger partial charge in [-0.25, -0.2) is 0 Å². The molecule has 0 saturated heterocycles. The predicted molar refractivity (Wildman–Crippen MR) is 79.5 cm³/mol. The van der Waals surface area contributed by atoms with Crippen LogP contribution < -0.4 is 4.74 Å². The first-order valence-electron chi connectivity index (χ1n) is 6.82. The third-order valence-corrected chi connectivity index (χ3v) is 3.41. The summed E-state index contributed by atoms with van der Waals surface area (Å²) in [6.45, 7) is 1.46. The largest absolute Gasteiger partial charge is 0.573 e. The van der Waals surface area contributed by atoms with E-state index in [0.717, 1.165) is 5.52 Å². The summed E-state index contributed by atoms with van der Waals surface area (Å²) in [5.74, 6) is -0.420. The lowest BCUT2D eigenvalue weighted by Crippen LogP contribution is -2.16. The van der Waals surface area contributed by atoms with Crippen molar-refractivity contribution in [2.45, 2.75) is 13.3 Å². The average Bonchev–Trinajstić information content (AvgIpc) is 2.85. The number of alkyl halides is 3. The minimum absolute atomic E-state index is 0.123. The summed E-state index contributed by atoms with van der Waals surface area (Å²) in [5, 5.41) is 0. The Hall–Kier alpha value is -2.76. The fourth-order valence-corrected chi connectivity index (χ4v) is 2.54. The molecule has 0 unspecified atom stereocenters. The molecule has 1 aromatic carbocycles. The maximum absolute atomic E-state index is 12.2. The average molecular weight is 319 g/mol. The second kappa shape index (κ2) is 5.46. The van der Waals surface area contributed by atoms with E-state index in [4.69, 9.17) is 0 Å². The van der Waals surface area contributed by atoms with Gasteiger partial charge in [0.1, 0.15) is 5.75 Å². The molecule has 3 nitrogen and oxygen atoms in total. The number of ether oxygens (including phenoxy) is 1. The number of pyridine rings is 1. The number of benzene rings is 1. The highest BCUT2D eigenvalue weighted by Gasteiger charge is 2.31. The number of aromatic nitrogens is 1. The van der Waals surface area contributed by atoms with E-state index in [0.29, 0.717) is 16.8 Å². The molecule has 0 saturated carbocycles. The topological polar surface area (TPSA) is 30.7 Å². The molecule has 0 radical (unpaired) electrons. The highest BCUT2D eigenvalue weighted by atomic mass is 19.4. The third kappa shape index (κ3) is 3.06. The summed E-state index contributed by atoms with van der Waals surface area (Å²) >= 11 is 0. The number of carbonyl (C=O) groups is 1. The van der Waals surface area contributed by atoms with E-state index < -0.39 is 6.36 Å². The van der Waals surface area contributed by atoms with Crippen LogP contribution in [0.25, 0.3) is 16.6 Å². The van der Waals surface area contributed by atoms with Crippen LogP contribution in [-0.4, -0.2) is 16.5 Å². The first kappa shape index (κ1) is 15.1. The molecule has 0 aliphatic carbocycles. The first-order valence-corrected chi connectivity index (χ1v) is 6.82. The van der Waals surface area contributed by atoms with E-state index in [1.165, 1.54) is 31.2 Å². The number of nitrogens with zero attached hydrogens (tertiary/aromatic N) is 1. The quantitative estimate of drug-likeness (QED) is 0.655. The van der Waals surface area contributed by atoms with Crippen LogP contribution >= 0.6 is 0 Å². The van der Waals surface area contributed by atoms with E-state index in [1.807, 2.05) is 24.3 Å². The molecule has 0 aliphatic rings. The molecular weight excluding hydrogens is 307 g/mol. The number of hydrogen-bond acceptors (Lipinski definition) is 2. The molecule has 0 fully saturated rings. The van der Waals surface area contributed by atoms with Crippen LogP contribution in [0.2, 0.25) is 0 Å². The molecule has 3 rings (SSSR count). The smallest absolute Gasteiger partial charge is 0.406 e. The van der Waals surface area contributed by atoms with Crippen molar-refractivity contribution in [1.29, 1.82) is 0 Å². The molecule has 0 spiro atoms. The van der Waals surface area contributed by atoms with Crippen LogP contribution in [0.15, 0.2) is 54.7 Å². The van der Waals surface area contributed by atoms with Gasteiger partial charge in [-0.05, 0) is 35.9 Å². The number of hydrogen-bond donors (Lipinski definition) is 0. The molecular formula is C17H12F3NO2. The van der Waals surface area contributed by atoms with Gasteiger partial charge >= 0.3 is 6.36 Å². The highest BCUT2D eigenvalue weighted by Crippen LogP contribution is 2.31. The highest BCUT2D eigenvalue weighted by molar-refractivity contribution is 6.01. The van der Waals surface area contributed by atoms with Crippen molar-refractivity contribution in [3.63, 3.8) is 0 Å². The minimum Gasteiger partial charge on any atom is -0.406 e. The molecule has 0 atom stereocenters. The van der Waals surface area contributed by atoms with Gasteiger partial charge in [-0.15, -0.1) is 13.2 Å². The van der Waals surface area contributed by atoms with Gasteiger partial charge in [0.05, 0.1) is 5.69 Å². The Morgan fingerprint density at radius 1 is 1.09 bits per heavy atom. The van der Waals surface area contributed by atoms with Crippen molar-refractivity contribution in [3.05, 3.63) is 60.4 Å². The number of ketones is 1. The van der Waals surface area contributed by atoms with Gasteiger partial charge in [0.2, 0.25) is 0 Å². The molecule has 2 heterocycles. The summed E-state index contributed by atoms with van der Waals surface area (Å²) in [7, 11) is 0. The Bertz CT molecular complexity index is 864. The van der Waals surface area contributed by atoms with Crippen LogP contribution in [-0.2, 0) is 0 Å². The number of rotatable bonds is 3. The lowest BCUT2D eigenvalue weighted by atomic mass is 10.0. The van der Waals surface area contributed by atoms with Crippen molar-refractivity contribution < 1.29 is 22.7 Å². The molecule has 2 aromatic heterocycles. The second-order valence-corrected chi connectivity index (χ2v) is 5.03. The maximum atomic E-state index is 12.2. The second-order valence-electron chi connectivity index (χ2n) is 5.03. The van der Waals surface area contributed by atoms with Crippen LogP contribution in [0.3, 0.4) is 0 Å². The van der Waals surface area contributed by atoms with Gasteiger partial charge in [-0.3, -0.25) is 4.79 Å². The van der Waals surface area contributed by atoms with Gasteiger partial charge in [0.25, 0.3) is 0 Å². The number of Topliss-reactive ketones (excluding diaryl/α,β-unsaturated/α-hetero) is 1. The van der Waals surface area contributed by atoms with E-state index in [2.05, 4.69) is 4.74 Å². The monoisotopic (exact) mass is 319 g/mol. The number of halogens is 3. The predicted octanol–water partition coefficient (Wildman–Crippen LogP) is 4.71. The summed E-state index contributed by atoms with van der Waals surface area (Å²) in [5.41, 5.74) is 2.64. The number of fused-ring (bicyclic) bond motifs is 1. The molecule has 6 heteroatoms. The lowest BCUT2D eigenvalue weighted by Gasteiger charge is -2.09. The number of carbonyl (C=O) groups excluding carboxylic acids is 1. The molecule has 3 aromatic rings. The van der Waals surface area contributed by atoms with Crippen molar-refractivity contribution >= 4 is 11.3 Å². The van der Waals surface area contributed by atoms with Crippen molar-refractivity contribution in [3.8, 4) is 16.9 Å². The Morgan fingerprint density at radius 3 is 2.39 bits per heavy atom. The van der Waals surface area contributed by atoms with Crippen molar-refractivity contribution in [1.82, 2.24) is 4.40 Å². The van der Waals surface area contributed by atoms with Gasteiger partial charge in [0.15, 0.2) is 5.78 Å². The fraction of sp³-hybridized carbons (Fsp3) is 0.118. The van der Waals surface area contributed by atoms with Gasteiger partial charge in [-0.2, -0.15) is 0 Å². The zero-order valence-electron chi connectivity index (χ0n) is 12.1. The Balaban J connectivity index is 2.06. The van der Waals surface area contributed by atoms with Crippen LogP contribution in [0.5, 0.6) is 5.75 Å². The summed E-state index contributed by atoms with van der Waals surface area (Å²) in [4.78, 5) is 12.0. The van der Waals surface area contributed by atoms with E-state index in [-0.39, 0.29) is 11.5 Å². The molecule has 0 bridgehead atoms. The molecule has 23 heavy (non-hydrogen) atoms. The summed E-state index contributed by atoms with van der Waals surface area (Å²) in [6.07, 6.45) is -2.95. The molecule has 0 amide bonds. The van der Waals surface area contributed by atoms with E-state index in [9.17, 15) is 18.0 Å². The first-order chi connectivity index (χ1) is 10.8. The summed E-state index contributed by atoms with van der Waals surface area (Å²) < 4.78 is 42.2. The Labute approximate surface area is 129 Å². The van der Waals surface area contributed by atoms with Gasteiger partial charge in [-0.1, -0.05) is 18.2 Å². The zero-order chi connectivity index (χ0) is 16.6. The van der Waals surface area contributed by atoms with Crippen molar-refractivity contribution in [2.75, 3.05) is 0 Å². The van der Waals surface area contributed by atoms with Gasteiger partial charge in [0, 0.05) is 24.2 Å². The van der Waals surface area contributed by atoms with Crippen LogP contribution in [0.1, 0.15) is 17.4 Å². The summed E-state index contributed by atoms with van der Waals surface area (Å²) in [6, 6.07) is 12.8. The standard InChI is InChI=1S/C17H12F3NO2/c1-11(22)16-15(10-13-4-2-3-9-21(13)16)12-5-7-14(8-6-12)23-17(18,19)20/h2-10H,1H3. The molecule has 0 aliphatic heterocycles. The van der Waals surface area contributed by atoms with Crippen LogP contribution in [0.4, 0.5) is 13.2 Å². The van der Waals surface area contributed by atoms with E-state index >= 15 is 0 Å². The van der Waals surface area contributed by atoms with Crippen LogP contribution in [0, 0.1) is 0 Å². The molecule has 118 valence electrons. The zero-order valence-corrected chi connectivity index (χ0v) is 12.1. The third-order valence-electron chi connectivity index (χ3n) is 3.41. The fourth-order valence-electron chi connectivity index (χ4n) is 2.54. The SMILES string of the molecule is CC(=O)c1c(-c2ccc(OC(F)(F)F)cc2)cc2ccccn12.